The Labute approximate surface area is 95.9 Å². The van der Waals surface area contributed by atoms with E-state index in [0.717, 1.165) is 6.08 Å². The molecular formula is C11H19NO4. The molecule has 0 aliphatic rings. The summed E-state index contributed by atoms with van der Waals surface area (Å²) in [6.45, 7) is 9.03. The van der Waals surface area contributed by atoms with Crippen LogP contribution in [0.3, 0.4) is 0 Å². The van der Waals surface area contributed by atoms with E-state index in [1.165, 1.54) is 0 Å². The molecule has 0 unspecified atom stereocenters. The minimum absolute atomic E-state index is 0.0569. The molecule has 0 atom stereocenters. The predicted molar refractivity (Wildman–Crippen MR) is 57.2 cm³/mol. The number of hydrogen-bond donors (Lipinski definition) is 0. The Kier molecular flexibility index (Phi) is 6.41. The monoisotopic (exact) mass is 229 g/mol. The number of carbonyl (C=O) groups excluding carboxylic acids is 2. The van der Waals surface area contributed by atoms with Gasteiger partial charge in [0.25, 0.3) is 0 Å². The van der Waals surface area contributed by atoms with Crippen LogP contribution in [-0.4, -0.2) is 49.2 Å². The molecule has 0 heterocycles. The molecule has 0 spiro atoms. The van der Waals surface area contributed by atoms with Crippen LogP contribution in [0.1, 0.15) is 13.8 Å². The van der Waals surface area contributed by atoms with Crippen molar-refractivity contribution in [1.82, 2.24) is 0 Å². The molecule has 0 fully saturated rings. The second-order valence-electron chi connectivity index (χ2n) is 3.60. The van der Waals surface area contributed by atoms with Gasteiger partial charge in [-0.2, -0.15) is 0 Å². The zero-order valence-corrected chi connectivity index (χ0v) is 9.90. The molecule has 0 saturated carbocycles. The first-order valence-corrected chi connectivity index (χ1v) is 5.33. The average Bonchev–Trinajstić information content (AvgIpc) is 2.26. The zero-order chi connectivity index (χ0) is 12.6. The van der Waals surface area contributed by atoms with E-state index in [0.29, 0.717) is 24.1 Å². The molecule has 0 aromatic heterocycles. The Balaban J connectivity index is 4.26. The highest BCUT2D eigenvalue weighted by molar-refractivity contribution is 5.81. The summed E-state index contributed by atoms with van der Waals surface area (Å²) in [7, 11) is 0. The van der Waals surface area contributed by atoms with E-state index in [9.17, 15) is 14.7 Å². The van der Waals surface area contributed by atoms with Gasteiger partial charge < -0.3 is 19.1 Å². The van der Waals surface area contributed by atoms with E-state index in [2.05, 4.69) is 6.58 Å². The highest BCUT2D eigenvalue weighted by atomic mass is 16.5. The molecule has 0 aliphatic heterocycles. The molecule has 0 amide bonds. The fourth-order valence-electron chi connectivity index (χ4n) is 1.52. The minimum Gasteiger partial charge on any atom is -0.544 e. The number of nitrogens with zero attached hydrogens (tertiary/aromatic N) is 1. The number of quaternary nitrogens is 1. The Hall–Kier alpha value is -1.36. The summed E-state index contributed by atoms with van der Waals surface area (Å²) < 4.78 is 5.20. The van der Waals surface area contributed by atoms with Gasteiger partial charge in [0.15, 0.2) is 0 Å². The lowest BCUT2D eigenvalue weighted by atomic mass is 10.3. The maximum atomic E-state index is 10.8. The van der Waals surface area contributed by atoms with E-state index in [-0.39, 0.29) is 13.2 Å². The summed E-state index contributed by atoms with van der Waals surface area (Å²) in [5, 5.41) is 10.6. The van der Waals surface area contributed by atoms with Crippen LogP contribution in [0.2, 0.25) is 0 Å². The number of ether oxygens (including phenoxy) is 1. The summed E-state index contributed by atoms with van der Waals surface area (Å²) in [5.41, 5.74) is 0. The lowest BCUT2D eigenvalue weighted by Crippen LogP contribution is -2.55. The van der Waals surface area contributed by atoms with Gasteiger partial charge in [-0.25, -0.2) is 4.79 Å². The Morgan fingerprint density at radius 2 is 1.94 bits per heavy atom. The van der Waals surface area contributed by atoms with Crippen molar-refractivity contribution in [2.24, 2.45) is 0 Å². The number of aliphatic carboxylic acids is 1. The molecule has 0 saturated heterocycles. The molecule has 0 aliphatic carbocycles. The molecule has 16 heavy (non-hydrogen) atoms. The van der Waals surface area contributed by atoms with Gasteiger partial charge in [-0.3, -0.25) is 0 Å². The topological polar surface area (TPSA) is 66.4 Å². The van der Waals surface area contributed by atoms with Gasteiger partial charge in [0.2, 0.25) is 0 Å². The standard InChI is InChI=1S/C11H19NO4/c1-4-11(15)16-8-7-12(5-2,6-3)9-10(13)14/h4H,1,5-9H2,2-3H3. The number of rotatable bonds is 8. The van der Waals surface area contributed by atoms with Gasteiger partial charge >= 0.3 is 5.97 Å². The van der Waals surface area contributed by atoms with Crippen molar-refractivity contribution < 1.29 is 23.9 Å². The van der Waals surface area contributed by atoms with Crippen molar-refractivity contribution >= 4 is 11.9 Å². The fraction of sp³-hybridized carbons (Fsp3) is 0.636. The SMILES string of the molecule is C=CC(=O)OCC[N+](CC)(CC)CC(=O)[O-]. The maximum Gasteiger partial charge on any atom is 0.330 e. The predicted octanol–water partition coefficient (Wildman–Crippen LogP) is -0.678. The summed E-state index contributed by atoms with van der Waals surface area (Å²) in [6, 6.07) is 0. The normalized spacial score (nSPS) is 10.9. The van der Waals surface area contributed by atoms with Crippen LogP contribution in [0.5, 0.6) is 0 Å². The van der Waals surface area contributed by atoms with Gasteiger partial charge in [-0.05, 0) is 13.8 Å². The van der Waals surface area contributed by atoms with Gasteiger partial charge in [0.05, 0.1) is 19.1 Å². The lowest BCUT2D eigenvalue weighted by molar-refractivity contribution is -0.919. The molecule has 0 bridgehead atoms. The van der Waals surface area contributed by atoms with Gasteiger partial charge in [-0.15, -0.1) is 0 Å². The van der Waals surface area contributed by atoms with Crippen molar-refractivity contribution in [2.75, 3.05) is 32.8 Å². The Morgan fingerprint density at radius 3 is 2.31 bits per heavy atom. The lowest BCUT2D eigenvalue weighted by Gasteiger charge is -2.36. The maximum absolute atomic E-state index is 10.8. The first-order valence-electron chi connectivity index (χ1n) is 5.33. The smallest absolute Gasteiger partial charge is 0.330 e. The molecule has 92 valence electrons. The third-order valence-corrected chi connectivity index (χ3v) is 2.78. The van der Waals surface area contributed by atoms with Crippen LogP contribution in [0.25, 0.3) is 0 Å². The second kappa shape index (κ2) is 7.00. The van der Waals surface area contributed by atoms with Gasteiger partial charge in [0.1, 0.15) is 19.7 Å². The summed E-state index contributed by atoms with van der Waals surface area (Å²) in [5.74, 6) is -1.57. The average molecular weight is 229 g/mol. The number of carboxylic acids is 1. The number of hydrogen-bond acceptors (Lipinski definition) is 4. The number of carbonyl (C=O) groups is 2. The molecule has 5 heteroatoms. The van der Waals surface area contributed by atoms with E-state index in [1.54, 1.807) is 0 Å². The van der Waals surface area contributed by atoms with Crippen molar-refractivity contribution in [3.63, 3.8) is 0 Å². The van der Waals surface area contributed by atoms with E-state index < -0.39 is 11.9 Å². The van der Waals surface area contributed by atoms with Crippen LogP contribution >= 0.6 is 0 Å². The quantitative estimate of drug-likeness (QED) is 0.314. The highest BCUT2D eigenvalue weighted by Gasteiger charge is 2.23. The first kappa shape index (κ1) is 14.6. The van der Waals surface area contributed by atoms with E-state index in [1.807, 2.05) is 13.8 Å². The Morgan fingerprint density at radius 1 is 1.38 bits per heavy atom. The molecular weight excluding hydrogens is 210 g/mol. The van der Waals surface area contributed by atoms with E-state index >= 15 is 0 Å². The van der Waals surface area contributed by atoms with Crippen molar-refractivity contribution in [1.29, 1.82) is 0 Å². The molecule has 0 aromatic rings. The van der Waals surface area contributed by atoms with Gasteiger partial charge in [0, 0.05) is 6.08 Å². The van der Waals surface area contributed by atoms with Crippen LogP contribution in [0, 0.1) is 0 Å². The molecule has 0 radical (unpaired) electrons. The van der Waals surface area contributed by atoms with Gasteiger partial charge in [-0.1, -0.05) is 6.58 Å². The first-order chi connectivity index (χ1) is 7.49. The summed E-state index contributed by atoms with van der Waals surface area (Å²) in [4.78, 5) is 21.5. The molecule has 0 N–H and O–H groups in total. The largest absolute Gasteiger partial charge is 0.544 e. The van der Waals surface area contributed by atoms with Crippen molar-refractivity contribution in [3.8, 4) is 0 Å². The van der Waals surface area contributed by atoms with Crippen LogP contribution in [0.4, 0.5) is 0 Å². The Bertz CT molecular complexity index is 259. The third-order valence-electron chi connectivity index (χ3n) is 2.78. The molecule has 5 nitrogen and oxygen atoms in total. The highest BCUT2D eigenvalue weighted by Crippen LogP contribution is 2.05. The minimum atomic E-state index is -1.08. The van der Waals surface area contributed by atoms with Crippen LogP contribution < -0.4 is 5.11 Å². The molecule has 0 rings (SSSR count). The van der Waals surface area contributed by atoms with Crippen LogP contribution in [0.15, 0.2) is 12.7 Å². The summed E-state index contributed by atoms with van der Waals surface area (Å²) >= 11 is 0. The number of esters is 1. The van der Waals surface area contributed by atoms with Crippen molar-refractivity contribution in [3.05, 3.63) is 12.7 Å². The number of likely N-dealkylation sites (N-methyl/N-ethyl adjacent to an activating group) is 1. The zero-order valence-electron chi connectivity index (χ0n) is 9.90. The number of carboxylic acid groups (broad SMARTS) is 1. The van der Waals surface area contributed by atoms with Crippen molar-refractivity contribution in [2.45, 2.75) is 13.8 Å². The summed E-state index contributed by atoms with van der Waals surface area (Å²) in [6.07, 6.45) is 1.09. The fourth-order valence-corrected chi connectivity index (χ4v) is 1.52. The second-order valence-corrected chi connectivity index (χ2v) is 3.60. The third kappa shape index (κ3) is 4.93. The van der Waals surface area contributed by atoms with Crippen LogP contribution in [-0.2, 0) is 14.3 Å². The van der Waals surface area contributed by atoms with E-state index in [4.69, 9.17) is 4.74 Å². The molecule has 0 aromatic carbocycles.